The van der Waals surface area contributed by atoms with Crippen LogP contribution in [-0.4, -0.2) is 47.8 Å². The van der Waals surface area contributed by atoms with Gasteiger partial charge in [-0.15, -0.1) is 0 Å². The third-order valence-electron chi connectivity index (χ3n) is 2.85. The first-order valence-electron chi connectivity index (χ1n) is 5.50. The van der Waals surface area contributed by atoms with E-state index in [4.69, 9.17) is 9.84 Å². The number of aromatic nitrogens is 2. The number of nitrogens with zero attached hydrogens (tertiary/aromatic N) is 3. The molecule has 0 amide bonds. The van der Waals surface area contributed by atoms with E-state index in [9.17, 15) is 4.79 Å². The summed E-state index contributed by atoms with van der Waals surface area (Å²) in [5, 5.41) is 8.85. The Morgan fingerprint density at radius 1 is 1.65 bits per heavy atom. The smallest absolute Gasteiger partial charge is 0.356 e. The van der Waals surface area contributed by atoms with Crippen molar-refractivity contribution in [1.29, 1.82) is 0 Å². The molecule has 0 bridgehead atoms. The third-order valence-corrected chi connectivity index (χ3v) is 2.85. The second-order valence-electron chi connectivity index (χ2n) is 4.12. The van der Waals surface area contributed by atoms with Crippen LogP contribution in [0.3, 0.4) is 0 Å². The lowest BCUT2D eigenvalue weighted by molar-refractivity contribution is 0.0690. The van der Waals surface area contributed by atoms with E-state index in [2.05, 4.69) is 9.97 Å². The van der Waals surface area contributed by atoms with E-state index < -0.39 is 5.97 Å². The van der Waals surface area contributed by atoms with Gasteiger partial charge in [0.2, 0.25) is 0 Å². The summed E-state index contributed by atoms with van der Waals surface area (Å²) < 4.78 is 5.12. The van der Waals surface area contributed by atoms with Crippen LogP contribution in [0.4, 0.5) is 5.82 Å². The molecule has 1 unspecified atom stereocenters. The van der Waals surface area contributed by atoms with Crippen LogP contribution in [0.15, 0.2) is 12.4 Å². The standard InChI is InChI=1S/C11H15N3O3/c1-17-7-8-2-3-14(6-8)10-5-12-4-9(13-10)11(15)16/h4-5,8H,2-3,6-7H2,1H3,(H,15,16). The highest BCUT2D eigenvalue weighted by molar-refractivity contribution is 5.85. The van der Waals surface area contributed by atoms with Crippen LogP contribution in [0.25, 0.3) is 0 Å². The lowest BCUT2D eigenvalue weighted by Crippen LogP contribution is -2.23. The van der Waals surface area contributed by atoms with Gasteiger partial charge in [0.05, 0.1) is 19.0 Å². The lowest BCUT2D eigenvalue weighted by atomic mass is 10.1. The van der Waals surface area contributed by atoms with Gasteiger partial charge in [0.1, 0.15) is 5.82 Å². The molecule has 0 aliphatic carbocycles. The number of anilines is 1. The van der Waals surface area contributed by atoms with E-state index >= 15 is 0 Å². The Hall–Kier alpha value is -1.69. The molecule has 0 aromatic carbocycles. The van der Waals surface area contributed by atoms with Crippen LogP contribution >= 0.6 is 0 Å². The first kappa shape index (κ1) is 11.8. The summed E-state index contributed by atoms with van der Waals surface area (Å²) in [7, 11) is 1.69. The Kier molecular flexibility index (Phi) is 3.53. The first-order chi connectivity index (χ1) is 8.20. The molecule has 0 saturated carbocycles. The number of carbonyl (C=O) groups is 1. The Morgan fingerprint density at radius 3 is 3.18 bits per heavy atom. The number of hydrogen-bond donors (Lipinski definition) is 1. The molecule has 1 aliphatic heterocycles. The molecule has 1 atom stereocenters. The number of hydrogen-bond acceptors (Lipinski definition) is 5. The molecule has 17 heavy (non-hydrogen) atoms. The SMILES string of the molecule is COCC1CCN(c2cncc(C(=O)O)n2)C1. The molecule has 1 N–H and O–H groups in total. The van der Waals surface area contributed by atoms with Crippen LogP contribution < -0.4 is 4.90 Å². The molecular weight excluding hydrogens is 222 g/mol. The van der Waals surface area contributed by atoms with Gasteiger partial charge in [0, 0.05) is 26.1 Å². The zero-order valence-corrected chi connectivity index (χ0v) is 9.67. The van der Waals surface area contributed by atoms with Crippen molar-refractivity contribution in [1.82, 2.24) is 9.97 Å². The molecule has 6 nitrogen and oxygen atoms in total. The van der Waals surface area contributed by atoms with Crippen molar-refractivity contribution in [2.24, 2.45) is 5.92 Å². The van der Waals surface area contributed by atoms with Gasteiger partial charge >= 0.3 is 5.97 Å². The summed E-state index contributed by atoms with van der Waals surface area (Å²) in [4.78, 5) is 20.8. The Bertz CT molecular complexity index is 411. The van der Waals surface area contributed by atoms with Crippen molar-refractivity contribution in [3.8, 4) is 0 Å². The van der Waals surface area contributed by atoms with Crippen LogP contribution in [0.2, 0.25) is 0 Å². The summed E-state index contributed by atoms with van der Waals surface area (Å²) in [6, 6.07) is 0. The Labute approximate surface area is 99.2 Å². The molecule has 2 heterocycles. The molecule has 0 spiro atoms. The van der Waals surface area contributed by atoms with Crippen LogP contribution in [-0.2, 0) is 4.74 Å². The number of methoxy groups -OCH3 is 1. The molecular formula is C11H15N3O3. The predicted molar refractivity (Wildman–Crippen MR) is 61.2 cm³/mol. The topological polar surface area (TPSA) is 75.5 Å². The second-order valence-corrected chi connectivity index (χ2v) is 4.12. The number of rotatable bonds is 4. The van der Waals surface area contributed by atoms with Crippen molar-refractivity contribution in [3.05, 3.63) is 18.1 Å². The molecule has 1 fully saturated rings. The Balaban J connectivity index is 2.08. The number of ether oxygens (including phenoxy) is 1. The molecule has 0 radical (unpaired) electrons. The minimum Gasteiger partial charge on any atom is -0.476 e. The molecule has 1 saturated heterocycles. The number of carboxylic acid groups (broad SMARTS) is 1. The third kappa shape index (κ3) is 2.71. The minimum absolute atomic E-state index is 0.0160. The van der Waals surface area contributed by atoms with Gasteiger partial charge < -0.3 is 14.7 Å². The summed E-state index contributed by atoms with van der Waals surface area (Å²) in [5.41, 5.74) is -0.0160. The fourth-order valence-corrected chi connectivity index (χ4v) is 2.02. The first-order valence-corrected chi connectivity index (χ1v) is 5.50. The van der Waals surface area contributed by atoms with Gasteiger partial charge in [-0.25, -0.2) is 9.78 Å². The number of aromatic carboxylic acids is 1. The van der Waals surface area contributed by atoms with Gasteiger partial charge in [-0.1, -0.05) is 0 Å². The van der Waals surface area contributed by atoms with Crippen LogP contribution in [0.5, 0.6) is 0 Å². The minimum atomic E-state index is -1.05. The van der Waals surface area contributed by atoms with Crippen molar-refractivity contribution < 1.29 is 14.6 Å². The highest BCUT2D eigenvalue weighted by atomic mass is 16.5. The summed E-state index contributed by atoms with van der Waals surface area (Å²) >= 11 is 0. The van der Waals surface area contributed by atoms with Crippen LogP contribution in [0, 0.1) is 5.92 Å². The maximum Gasteiger partial charge on any atom is 0.356 e. The van der Waals surface area contributed by atoms with E-state index in [1.807, 2.05) is 4.90 Å². The highest BCUT2D eigenvalue weighted by Crippen LogP contribution is 2.21. The van der Waals surface area contributed by atoms with E-state index in [1.165, 1.54) is 6.20 Å². The van der Waals surface area contributed by atoms with Gasteiger partial charge in [0.15, 0.2) is 5.69 Å². The zero-order valence-electron chi connectivity index (χ0n) is 9.67. The fraction of sp³-hybridized carbons (Fsp3) is 0.545. The van der Waals surface area contributed by atoms with Crippen molar-refractivity contribution in [2.75, 3.05) is 31.7 Å². The predicted octanol–water partition coefficient (Wildman–Crippen LogP) is 0.648. The molecule has 2 rings (SSSR count). The maximum absolute atomic E-state index is 10.8. The summed E-state index contributed by atoms with van der Waals surface area (Å²) in [6.45, 7) is 2.43. The Morgan fingerprint density at radius 2 is 2.47 bits per heavy atom. The van der Waals surface area contributed by atoms with E-state index in [0.29, 0.717) is 11.7 Å². The summed E-state index contributed by atoms with van der Waals surface area (Å²) in [6.07, 6.45) is 3.89. The van der Waals surface area contributed by atoms with Crippen LogP contribution in [0.1, 0.15) is 16.9 Å². The summed E-state index contributed by atoms with van der Waals surface area (Å²) in [5.74, 6) is 0.0609. The van der Waals surface area contributed by atoms with E-state index in [-0.39, 0.29) is 5.69 Å². The van der Waals surface area contributed by atoms with Crippen molar-refractivity contribution in [3.63, 3.8) is 0 Å². The molecule has 1 aliphatic rings. The quantitative estimate of drug-likeness (QED) is 0.828. The van der Waals surface area contributed by atoms with Crippen molar-refractivity contribution in [2.45, 2.75) is 6.42 Å². The van der Waals surface area contributed by atoms with E-state index in [1.54, 1.807) is 13.3 Å². The maximum atomic E-state index is 10.8. The monoisotopic (exact) mass is 237 g/mol. The normalized spacial score (nSPS) is 19.6. The van der Waals surface area contributed by atoms with E-state index in [0.717, 1.165) is 26.1 Å². The molecule has 1 aromatic heterocycles. The second kappa shape index (κ2) is 5.09. The van der Waals surface area contributed by atoms with Gasteiger partial charge in [-0.3, -0.25) is 4.98 Å². The molecule has 92 valence electrons. The zero-order chi connectivity index (χ0) is 12.3. The lowest BCUT2D eigenvalue weighted by Gasteiger charge is -2.17. The van der Waals surface area contributed by atoms with Gasteiger partial charge in [0.25, 0.3) is 0 Å². The largest absolute Gasteiger partial charge is 0.476 e. The average Bonchev–Trinajstić information content (AvgIpc) is 2.78. The highest BCUT2D eigenvalue weighted by Gasteiger charge is 2.24. The number of carboxylic acids is 1. The van der Waals surface area contributed by atoms with Gasteiger partial charge in [-0.05, 0) is 6.42 Å². The molecule has 6 heteroatoms. The molecule has 1 aromatic rings. The fourth-order valence-electron chi connectivity index (χ4n) is 2.02. The van der Waals surface area contributed by atoms with Crippen molar-refractivity contribution >= 4 is 11.8 Å². The van der Waals surface area contributed by atoms with Gasteiger partial charge in [-0.2, -0.15) is 0 Å². The average molecular weight is 237 g/mol.